The van der Waals surface area contributed by atoms with Gasteiger partial charge < -0.3 is 19.3 Å². The van der Waals surface area contributed by atoms with Gasteiger partial charge in [0.15, 0.2) is 11.5 Å². The van der Waals surface area contributed by atoms with Crippen molar-refractivity contribution in [3.05, 3.63) is 72.1 Å². The van der Waals surface area contributed by atoms with E-state index in [9.17, 15) is 5.11 Å². The van der Waals surface area contributed by atoms with Crippen LogP contribution in [0.15, 0.2) is 60.9 Å². The summed E-state index contributed by atoms with van der Waals surface area (Å²) in [5.74, 6) is 1.49. The fourth-order valence-corrected chi connectivity index (χ4v) is 3.30. The summed E-state index contributed by atoms with van der Waals surface area (Å²) >= 11 is 0. The monoisotopic (exact) mass is 395 g/mol. The third-order valence-electron chi connectivity index (χ3n) is 4.65. The normalized spacial score (nSPS) is 13.8. The summed E-state index contributed by atoms with van der Waals surface area (Å²) in [4.78, 5) is 2.06. The average molecular weight is 395 g/mol. The highest BCUT2D eigenvalue weighted by Gasteiger charge is 2.14. The fourth-order valence-electron chi connectivity index (χ4n) is 3.30. The summed E-state index contributed by atoms with van der Waals surface area (Å²) in [6, 6.07) is 15.7. The zero-order valence-corrected chi connectivity index (χ0v) is 16.4. The van der Waals surface area contributed by atoms with Crippen molar-refractivity contribution in [1.82, 2.24) is 14.7 Å². The third-order valence-corrected chi connectivity index (χ3v) is 4.65. The van der Waals surface area contributed by atoms with Crippen LogP contribution in [-0.2, 0) is 17.9 Å². The molecule has 3 aromatic rings. The molecule has 2 aromatic carbocycles. The van der Waals surface area contributed by atoms with Crippen LogP contribution in [-0.4, -0.2) is 52.9 Å². The summed E-state index contributed by atoms with van der Waals surface area (Å²) < 4.78 is 18.2. The van der Waals surface area contributed by atoms with E-state index in [1.807, 2.05) is 72.7 Å². The van der Waals surface area contributed by atoms with E-state index < -0.39 is 6.10 Å². The number of hydrogen-bond acceptors (Lipinski definition) is 6. The highest BCUT2D eigenvalue weighted by atomic mass is 16.7. The quantitative estimate of drug-likeness (QED) is 0.601. The molecule has 0 radical (unpaired) electrons. The zero-order valence-electron chi connectivity index (χ0n) is 16.4. The maximum Gasteiger partial charge on any atom is 0.231 e. The number of benzene rings is 2. The molecule has 0 saturated heterocycles. The predicted molar refractivity (Wildman–Crippen MR) is 108 cm³/mol. The molecule has 4 rings (SSSR count). The number of aliphatic hydroxyl groups is 1. The van der Waals surface area contributed by atoms with Crippen molar-refractivity contribution in [2.24, 2.45) is 0 Å². The van der Waals surface area contributed by atoms with Crippen LogP contribution in [0, 0.1) is 0 Å². The number of likely N-dealkylation sites (N-methyl/N-ethyl adjacent to an activating group) is 1. The molecule has 0 saturated carbocycles. The Bertz CT molecular complexity index is 929. The van der Waals surface area contributed by atoms with Crippen LogP contribution in [0.3, 0.4) is 0 Å². The van der Waals surface area contributed by atoms with E-state index in [4.69, 9.17) is 14.2 Å². The van der Waals surface area contributed by atoms with Crippen LogP contribution >= 0.6 is 0 Å². The van der Waals surface area contributed by atoms with E-state index in [2.05, 4.69) is 10.00 Å². The fraction of sp³-hybridized carbons (Fsp3) is 0.318. The second-order valence-electron chi connectivity index (χ2n) is 7.18. The van der Waals surface area contributed by atoms with Crippen LogP contribution in [0.4, 0.5) is 0 Å². The first-order chi connectivity index (χ1) is 14.2. The zero-order chi connectivity index (χ0) is 20.1. The Hall–Kier alpha value is -2.87. The lowest BCUT2D eigenvalue weighted by Gasteiger charge is -2.20. The van der Waals surface area contributed by atoms with Crippen molar-refractivity contribution >= 4 is 0 Å². The van der Waals surface area contributed by atoms with Gasteiger partial charge in [-0.25, -0.2) is 4.68 Å². The SMILES string of the molecule is CN(Cc1cnn(-c2ccccc2)c1)CC(O)COCc1ccc2c(c1)OCO2. The lowest BCUT2D eigenvalue weighted by Crippen LogP contribution is -2.31. The van der Waals surface area contributed by atoms with Gasteiger partial charge in [-0.1, -0.05) is 24.3 Å². The number of nitrogens with zero attached hydrogens (tertiary/aromatic N) is 3. The van der Waals surface area contributed by atoms with Crippen molar-refractivity contribution in [3.63, 3.8) is 0 Å². The molecule has 1 aliphatic heterocycles. The molecule has 0 aliphatic carbocycles. The second kappa shape index (κ2) is 9.09. The molecule has 7 nitrogen and oxygen atoms in total. The van der Waals surface area contributed by atoms with Crippen LogP contribution in [0.1, 0.15) is 11.1 Å². The molecule has 29 heavy (non-hydrogen) atoms. The summed E-state index contributed by atoms with van der Waals surface area (Å²) in [6.45, 7) is 2.15. The van der Waals surface area contributed by atoms with Crippen LogP contribution in [0.2, 0.25) is 0 Å². The van der Waals surface area contributed by atoms with Gasteiger partial charge in [0.1, 0.15) is 0 Å². The van der Waals surface area contributed by atoms with E-state index in [0.29, 0.717) is 19.7 Å². The highest BCUT2D eigenvalue weighted by Crippen LogP contribution is 2.32. The number of rotatable bonds is 9. The van der Waals surface area contributed by atoms with Crippen molar-refractivity contribution in [2.75, 3.05) is 27.0 Å². The van der Waals surface area contributed by atoms with Gasteiger partial charge in [0.25, 0.3) is 0 Å². The van der Waals surface area contributed by atoms with Gasteiger partial charge in [-0.15, -0.1) is 0 Å². The minimum absolute atomic E-state index is 0.259. The number of aliphatic hydroxyl groups excluding tert-OH is 1. The summed E-state index contributed by atoms with van der Waals surface area (Å²) in [5.41, 5.74) is 3.10. The predicted octanol–water partition coefficient (Wildman–Crippen LogP) is 2.61. The van der Waals surface area contributed by atoms with Gasteiger partial charge >= 0.3 is 0 Å². The minimum atomic E-state index is -0.571. The maximum absolute atomic E-state index is 10.3. The molecule has 2 heterocycles. The van der Waals surface area contributed by atoms with Crippen LogP contribution in [0.5, 0.6) is 11.5 Å². The van der Waals surface area contributed by atoms with E-state index >= 15 is 0 Å². The molecule has 0 fully saturated rings. The van der Waals surface area contributed by atoms with Crippen LogP contribution < -0.4 is 9.47 Å². The van der Waals surface area contributed by atoms with Gasteiger partial charge in [0.2, 0.25) is 6.79 Å². The van der Waals surface area contributed by atoms with E-state index in [-0.39, 0.29) is 13.4 Å². The van der Waals surface area contributed by atoms with Gasteiger partial charge in [0.05, 0.1) is 31.2 Å². The molecule has 0 spiro atoms. The lowest BCUT2D eigenvalue weighted by atomic mass is 10.2. The van der Waals surface area contributed by atoms with Gasteiger partial charge in [0, 0.05) is 24.8 Å². The van der Waals surface area contributed by atoms with Gasteiger partial charge in [-0.3, -0.25) is 4.90 Å². The Labute approximate surface area is 170 Å². The number of fused-ring (bicyclic) bond motifs is 1. The molecular formula is C22H25N3O4. The first-order valence-corrected chi connectivity index (χ1v) is 9.59. The number of aromatic nitrogens is 2. The van der Waals surface area contributed by atoms with Crippen LogP contribution in [0.25, 0.3) is 5.69 Å². The Balaban J connectivity index is 1.20. The molecule has 7 heteroatoms. The van der Waals surface area contributed by atoms with Gasteiger partial charge in [-0.05, 0) is 36.9 Å². The molecule has 1 aliphatic rings. The largest absolute Gasteiger partial charge is 0.454 e. The lowest BCUT2D eigenvalue weighted by molar-refractivity contribution is 0.0127. The van der Waals surface area contributed by atoms with Gasteiger partial charge in [-0.2, -0.15) is 5.10 Å². The Morgan fingerprint density at radius 3 is 2.83 bits per heavy atom. The molecule has 0 bridgehead atoms. The number of ether oxygens (including phenoxy) is 3. The molecule has 1 atom stereocenters. The first kappa shape index (κ1) is 19.4. The Morgan fingerprint density at radius 1 is 1.14 bits per heavy atom. The highest BCUT2D eigenvalue weighted by molar-refractivity contribution is 5.44. The topological polar surface area (TPSA) is 69.0 Å². The molecule has 0 amide bonds. The molecule has 1 unspecified atom stereocenters. The number of para-hydroxylation sites is 1. The number of hydrogen-bond donors (Lipinski definition) is 1. The third kappa shape index (κ3) is 5.14. The second-order valence-corrected chi connectivity index (χ2v) is 7.18. The van der Waals surface area contributed by atoms with Crippen molar-refractivity contribution < 1.29 is 19.3 Å². The van der Waals surface area contributed by atoms with E-state index in [1.165, 1.54) is 0 Å². The summed E-state index contributed by atoms with van der Waals surface area (Å²) in [5, 5.41) is 14.7. The van der Waals surface area contributed by atoms with Crippen molar-refractivity contribution in [3.8, 4) is 17.2 Å². The Kier molecular flexibility index (Phi) is 6.09. The molecule has 1 aromatic heterocycles. The van der Waals surface area contributed by atoms with E-state index in [0.717, 1.165) is 28.3 Å². The molecule has 152 valence electrons. The Morgan fingerprint density at radius 2 is 1.97 bits per heavy atom. The molecular weight excluding hydrogens is 370 g/mol. The maximum atomic E-state index is 10.3. The smallest absolute Gasteiger partial charge is 0.231 e. The van der Waals surface area contributed by atoms with E-state index in [1.54, 1.807) is 0 Å². The average Bonchev–Trinajstić information content (AvgIpc) is 3.37. The summed E-state index contributed by atoms with van der Waals surface area (Å²) in [6.07, 6.45) is 3.29. The standard InChI is InChI=1S/C22H25N3O4/c1-24(11-18-10-23-25(12-18)19-5-3-2-4-6-19)13-20(26)15-27-14-17-7-8-21-22(9-17)29-16-28-21/h2-10,12,20,26H,11,13-16H2,1H3. The minimum Gasteiger partial charge on any atom is -0.454 e. The first-order valence-electron chi connectivity index (χ1n) is 9.59. The molecule has 1 N–H and O–H groups in total. The van der Waals surface area contributed by atoms with Crippen molar-refractivity contribution in [1.29, 1.82) is 0 Å². The summed E-state index contributed by atoms with van der Waals surface area (Å²) in [7, 11) is 1.97. The van der Waals surface area contributed by atoms with Crippen molar-refractivity contribution in [2.45, 2.75) is 19.3 Å².